The first-order valence-corrected chi connectivity index (χ1v) is 6.72. The molecule has 0 aliphatic carbocycles. The topological polar surface area (TPSA) is 32.3 Å². The molecule has 0 spiro atoms. The molecule has 2 aliphatic heterocycles. The molecule has 0 radical (unpaired) electrons. The predicted molar refractivity (Wildman–Crippen MR) is 65.1 cm³/mol. The highest BCUT2D eigenvalue weighted by Crippen LogP contribution is 2.24. The van der Waals surface area contributed by atoms with E-state index in [9.17, 15) is 4.79 Å². The largest absolute Gasteiger partial charge is 0.342 e. The standard InChI is InChI=1S/C13H24N2O/c1-3-11-4-6-15(7-5-11)13(16)10(2)12-8-14-9-12/h10-12,14H,3-9H2,1-2H3. The van der Waals surface area contributed by atoms with Gasteiger partial charge in [0.1, 0.15) is 0 Å². The van der Waals surface area contributed by atoms with E-state index >= 15 is 0 Å². The highest BCUT2D eigenvalue weighted by molar-refractivity contribution is 5.79. The molecule has 1 N–H and O–H groups in total. The summed E-state index contributed by atoms with van der Waals surface area (Å²) in [6.45, 7) is 8.38. The highest BCUT2D eigenvalue weighted by Gasteiger charge is 2.32. The lowest BCUT2D eigenvalue weighted by atomic mass is 9.86. The summed E-state index contributed by atoms with van der Waals surface area (Å²) in [6, 6.07) is 0. The van der Waals surface area contributed by atoms with Crippen LogP contribution in [0.3, 0.4) is 0 Å². The Morgan fingerprint density at radius 2 is 2.00 bits per heavy atom. The Balaban J connectivity index is 1.81. The smallest absolute Gasteiger partial charge is 0.225 e. The first-order valence-electron chi connectivity index (χ1n) is 6.72. The van der Waals surface area contributed by atoms with Crippen molar-refractivity contribution in [1.82, 2.24) is 10.2 Å². The van der Waals surface area contributed by atoms with Crippen LogP contribution in [0.2, 0.25) is 0 Å². The van der Waals surface area contributed by atoms with Gasteiger partial charge in [0.25, 0.3) is 0 Å². The van der Waals surface area contributed by atoms with Gasteiger partial charge in [-0.25, -0.2) is 0 Å². The Bertz CT molecular complexity index is 242. The van der Waals surface area contributed by atoms with Crippen LogP contribution in [0.5, 0.6) is 0 Å². The number of carbonyl (C=O) groups is 1. The van der Waals surface area contributed by atoms with Gasteiger partial charge in [-0.2, -0.15) is 0 Å². The second-order valence-corrected chi connectivity index (χ2v) is 5.38. The van der Waals surface area contributed by atoms with Gasteiger partial charge in [-0.1, -0.05) is 20.3 Å². The molecule has 0 aromatic heterocycles. The summed E-state index contributed by atoms with van der Waals surface area (Å²) in [5.74, 6) is 2.04. The maximum absolute atomic E-state index is 12.2. The molecule has 0 aromatic rings. The maximum atomic E-state index is 12.2. The first-order chi connectivity index (χ1) is 7.72. The van der Waals surface area contributed by atoms with Gasteiger partial charge in [0.2, 0.25) is 5.91 Å². The lowest BCUT2D eigenvalue weighted by Crippen LogP contribution is -2.51. The van der Waals surface area contributed by atoms with Gasteiger partial charge in [0.15, 0.2) is 0 Å². The van der Waals surface area contributed by atoms with Gasteiger partial charge in [-0.3, -0.25) is 4.79 Å². The monoisotopic (exact) mass is 224 g/mol. The molecular weight excluding hydrogens is 200 g/mol. The summed E-state index contributed by atoms with van der Waals surface area (Å²) < 4.78 is 0. The molecule has 2 saturated heterocycles. The first kappa shape index (κ1) is 11.9. The average Bonchev–Trinajstić information content (AvgIpc) is 2.26. The van der Waals surface area contributed by atoms with Crippen molar-refractivity contribution in [3.8, 4) is 0 Å². The zero-order valence-electron chi connectivity index (χ0n) is 10.5. The van der Waals surface area contributed by atoms with Crippen LogP contribution in [0.15, 0.2) is 0 Å². The van der Waals surface area contributed by atoms with E-state index in [0.717, 1.165) is 32.1 Å². The van der Waals surface area contributed by atoms with Gasteiger partial charge in [0, 0.05) is 19.0 Å². The Labute approximate surface area is 98.6 Å². The normalized spacial score (nSPS) is 25.2. The summed E-state index contributed by atoms with van der Waals surface area (Å²) in [6.07, 6.45) is 3.68. The van der Waals surface area contributed by atoms with E-state index in [2.05, 4.69) is 24.1 Å². The lowest BCUT2D eigenvalue weighted by molar-refractivity contribution is -0.138. The van der Waals surface area contributed by atoms with Crippen LogP contribution in [0.1, 0.15) is 33.1 Å². The maximum Gasteiger partial charge on any atom is 0.225 e. The number of carbonyl (C=O) groups excluding carboxylic acids is 1. The number of hydrogen-bond donors (Lipinski definition) is 1. The number of piperidine rings is 1. The molecule has 2 aliphatic rings. The molecule has 1 unspecified atom stereocenters. The fourth-order valence-electron chi connectivity index (χ4n) is 2.72. The third-order valence-electron chi connectivity index (χ3n) is 4.41. The van der Waals surface area contributed by atoms with Crippen molar-refractivity contribution in [3.05, 3.63) is 0 Å². The predicted octanol–water partition coefficient (Wildman–Crippen LogP) is 1.49. The molecule has 2 rings (SSSR count). The lowest BCUT2D eigenvalue weighted by Gasteiger charge is -2.37. The van der Waals surface area contributed by atoms with E-state index in [-0.39, 0.29) is 5.92 Å². The minimum atomic E-state index is 0.222. The van der Waals surface area contributed by atoms with Crippen molar-refractivity contribution in [2.45, 2.75) is 33.1 Å². The minimum absolute atomic E-state index is 0.222. The third-order valence-corrected chi connectivity index (χ3v) is 4.41. The minimum Gasteiger partial charge on any atom is -0.342 e. The van der Waals surface area contributed by atoms with E-state index in [1.54, 1.807) is 0 Å². The fourth-order valence-corrected chi connectivity index (χ4v) is 2.72. The van der Waals surface area contributed by atoms with Crippen LogP contribution in [0.25, 0.3) is 0 Å². The van der Waals surface area contributed by atoms with Gasteiger partial charge < -0.3 is 10.2 Å². The van der Waals surface area contributed by atoms with Gasteiger partial charge in [-0.05, 0) is 37.8 Å². The van der Waals surface area contributed by atoms with Gasteiger partial charge in [0.05, 0.1) is 0 Å². The highest BCUT2D eigenvalue weighted by atomic mass is 16.2. The second-order valence-electron chi connectivity index (χ2n) is 5.38. The summed E-state index contributed by atoms with van der Waals surface area (Å²) in [5, 5.41) is 3.25. The van der Waals surface area contributed by atoms with E-state index in [4.69, 9.17) is 0 Å². The van der Waals surface area contributed by atoms with E-state index in [1.807, 2.05) is 0 Å². The number of hydrogen-bond acceptors (Lipinski definition) is 2. The molecule has 0 bridgehead atoms. The average molecular weight is 224 g/mol. The summed E-state index contributed by atoms with van der Waals surface area (Å²) in [7, 11) is 0. The van der Waals surface area contributed by atoms with E-state index < -0.39 is 0 Å². The number of likely N-dealkylation sites (tertiary alicyclic amines) is 1. The molecule has 2 heterocycles. The van der Waals surface area contributed by atoms with Crippen molar-refractivity contribution < 1.29 is 4.79 Å². The quantitative estimate of drug-likeness (QED) is 0.788. The third kappa shape index (κ3) is 2.40. The van der Waals surface area contributed by atoms with Crippen molar-refractivity contribution in [1.29, 1.82) is 0 Å². The van der Waals surface area contributed by atoms with Crippen LogP contribution < -0.4 is 5.32 Å². The molecule has 1 amide bonds. The van der Waals surface area contributed by atoms with Crippen molar-refractivity contribution in [2.75, 3.05) is 26.2 Å². The van der Waals surface area contributed by atoms with Crippen molar-refractivity contribution in [2.24, 2.45) is 17.8 Å². The Morgan fingerprint density at radius 1 is 1.38 bits per heavy atom. The molecule has 16 heavy (non-hydrogen) atoms. The van der Waals surface area contributed by atoms with Crippen molar-refractivity contribution in [3.63, 3.8) is 0 Å². The summed E-state index contributed by atoms with van der Waals surface area (Å²) in [5.41, 5.74) is 0. The number of nitrogens with one attached hydrogen (secondary N) is 1. The zero-order chi connectivity index (χ0) is 11.5. The Morgan fingerprint density at radius 3 is 2.44 bits per heavy atom. The molecule has 1 atom stereocenters. The van der Waals surface area contributed by atoms with E-state index in [0.29, 0.717) is 11.8 Å². The van der Waals surface area contributed by atoms with Crippen LogP contribution in [0, 0.1) is 17.8 Å². The Kier molecular flexibility index (Phi) is 3.85. The molecule has 3 nitrogen and oxygen atoms in total. The molecule has 3 heteroatoms. The van der Waals surface area contributed by atoms with E-state index in [1.165, 1.54) is 19.3 Å². The SMILES string of the molecule is CCC1CCN(C(=O)C(C)C2CNC2)CC1. The van der Waals surface area contributed by atoms with Crippen LogP contribution >= 0.6 is 0 Å². The summed E-state index contributed by atoms with van der Waals surface area (Å²) >= 11 is 0. The molecule has 0 saturated carbocycles. The molecule has 92 valence electrons. The zero-order valence-corrected chi connectivity index (χ0v) is 10.5. The number of amides is 1. The van der Waals surface area contributed by atoms with Crippen LogP contribution in [-0.2, 0) is 4.79 Å². The van der Waals surface area contributed by atoms with Crippen molar-refractivity contribution >= 4 is 5.91 Å². The number of nitrogens with zero attached hydrogens (tertiary/aromatic N) is 1. The fraction of sp³-hybridized carbons (Fsp3) is 0.923. The van der Waals surface area contributed by atoms with Gasteiger partial charge >= 0.3 is 0 Å². The van der Waals surface area contributed by atoms with Crippen LogP contribution in [0.4, 0.5) is 0 Å². The Hall–Kier alpha value is -0.570. The van der Waals surface area contributed by atoms with Gasteiger partial charge in [-0.15, -0.1) is 0 Å². The molecular formula is C13H24N2O. The summed E-state index contributed by atoms with van der Waals surface area (Å²) in [4.78, 5) is 14.3. The van der Waals surface area contributed by atoms with Crippen LogP contribution in [-0.4, -0.2) is 37.0 Å². The molecule has 2 fully saturated rings. The number of rotatable bonds is 3. The second kappa shape index (κ2) is 5.17. The molecule has 0 aromatic carbocycles.